The zero-order valence-corrected chi connectivity index (χ0v) is 12.2. The number of aliphatic hydroxyl groups is 1. The van der Waals surface area contributed by atoms with E-state index in [2.05, 4.69) is 4.98 Å². The quantitative estimate of drug-likeness (QED) is 0.797. The molecule has 7 heteroatoms. The molecule has 106 valence electrons. The molecule has 0 fully saturated rings. The lowest BCUT2D eigenvalue weighted by Crippen LogP contribution is -2.20. The summed E-state index contributed by atoms with van der Waals surface area (Å²) in [6.45, 7) is -0.175. The van der Waals surface area contributed by atoms with Crippen molar-refractivity contribution < 1.29 is 9.90 Å². The van der Waals surface area contributed by atoms with Crippen LogP contribution in [0.4, 0.5) is 0 Å². The summed E-state index contributed by atoms with van der Waals surface area (Å²) in [6.07, 6.45) is 1.54. The lowest BCUT2D eigenvalue weighted by Gasteiger charge is -2.08. The van der Waals surface area contributed by atoms with Gasteiger partial charge in [-0.25, -0.2) is 4.98 Å². The summed E-state index contributed by atoms with van der Waals surface area (Å²) >= 11 is 7.39. The van der Waals surface area contributed by atoms with E-state index in [-0.39, 0.29) is 13.2 Å². The third-order valence-electron chi connectivity index (χ3n) is 2.63. The van der Waals surface area contributed by atoms with Crippen molar-refractivity contribution in [1.82, 2.24) is 9.55 Å². The summed E-state index contributed by atoms with van der Waals surface area (Å²) in [7, 11) is 0. The van der Waals surface area contributed by atoms with Crippen molar-refractivity contribution in [1.29, 1.82) is 0 Å². The van der Waals surface area contributed by atoms with E-state index in [1.807, 2.05) is 24.3 Å². The van der Waals surface area contributed by atoms with Gasteiger partial charge in [0.1, 0.15) is 6.54 Å². The molecule has 0 aliphatic carbocycles. The van der Waals surface area contributed by atoms with Crippen molar-refractivity contribution >= 4 is 29.3 Å². The zero-order chi connectivity index (χ0) is 14.5. The number of amides is 1. The molecule has 0 atom stereocenters. The van der Waals surface area contributed by atoms with E-state index in [9.17, 15) is 9.90 Å². The van der Waals surface area contributed by atoms with Crippen molar-refractivity contribution in [3.05, 3.63) is 46.7 Å². The van der Waals surface area contributed by atoms with Crippen molar-refractivity contribution in [2.75, 3.05) is 0 Å². The highest BCUT2D eigenvalue weighted by molar-refractivity contribution is 7.98. The fourth-order valence-corrected chi connectivity index (χ4v) is 2.89. The Balaban J connectivity index is 2.13. The number of imidazole rings is 1. The van der Waals surface area contributed by atoms with E-state index in [4.69, 9.17) is 17.3 Å². The fraction of sp³-hybridized carbons (Fsp3) is 0.231. The molecule has 0 aliphatic heterocycles. The Hall–Kier alpha value is -1.50. The van der Waals surface area contributed by atoms with Crippen LogP contribution in [0.15, 0.2) is 35.6 Å². The summed E-state index contributed by atoms with van der Waals surface area (Å²) < 4.78 is 1.62. The van der Waals surface area contributed by atoms with Crippen LogP contribution in [-0.2, 0) is 23.7 Å². The molecule has 0 spiro atoms. The first-order valence-corrected chi connectivity index (χ1v) is 7.27. The average Bonchev–Trinajstić information content (AvgIpc) is 2.78. The number of carbonyl (C=O) groups is 1. The van der Waals surface area contributed by atoms with E-state index >= 15 is 0 Å². The SMILES string of the molecule is NC(=O)Cn1c(CO)cnc1SCc1cccc(Cl)c1. The number of primary amides is 1. The molecule has 0 saturated carbocycles. The molecular formula is C13H14ClN3O2S. The standard InChI is InChI=1S/C13H14ClN3O2S/c14-10-3-1-2-9(4-10)8-20-13-16-5-11(7-18)17(13)6-12(15)19/h1-5,18H,6-8H2,(H2,15,19). The maximum absolute atomic E-state index is 11.1. The lowest BCUT2D eigenvalue weighted by molar-refractivity contribution is -0.118. The topological polar surface area (TPSA) is 81.1 Å². The molecule has 0 aliphatic rings. The van der Waals surface area contributed by atoms with Gasteiger partial charge in [-0.1, -0.05) is 35.5 Å². The lowest BCUT2D eigenvalue weighted by atomic mass is 10.2. The molecule has 20 heavy (non-hydrogen) atoms. The Bertz CT molecular complexity index is 615. The molecule has 0 saturated heterocycles. The summed E-state index contributed by atoms with van der Waals surface area (Å²) in [4.78, 5) is 15.3. The molecule has 0 radical (unpaired) electrons. The summed E-state index contributed by atoms with van der Waals surface area (Å²) in [6, 6.07) is 7.54. The number of rotatable bonds is 6. The van der Waals surface area contributed by atoms with Crippen LogP contribution in [0.2, 0.25) is 5.02 Å². The summed E-state index contributed by atoms with van der Waals surface area (Å²) in [5.41, 5.74) is 6.83. The van der Waals surface area contributed by atoms with Crippen LogP contribution < -0.4 is 5.73 Å². The molecule has 0 bridgehead atoms. The molecule has 0 unspecified atom stereocenters. The molecule has 5 nitrogen and oxygen atoms in total. The van der Waals surface area contributed by atoms with Gasteiger partial charge in [-0.3, -0.25) is 4.79 Å². The monoisotopic (exact) mass is 311 g/mol. The minimum absolute atomic E-state index is 0.00771. The van der Waals surface area contributed by atoms with Gasteiger partial charge in [0, 0.05) is 10.8 Å². The number of nitrogens with two attached hydrogens (primary N) is 1. The van der Waals surface area contributed by atoms with E-state index in [1.54, 1.807) is 10.8 Å². The van der Waals surface area contributed by atoms with Crippen molar-refractivity contribution in [2.24, 2.45) is 5.73 Å². The molecule has 1 amide bonds. The molecule has 1 heterocycles. The zero-order valence-electron chi connectivity index (χ0n) is 10.6. The van der Waals surface area contributed by atoms with E-state index in [0.29, 0.717) is 21.6 Å². The van der Waals surface area contributed by atoms with Gasteiger partial charge in [-0.15, -0.1) is 0 Å². The van der Waals surface area contributed by atoms with E-state index in [0.717, 1.165) is 5.56 Å². The number of nitrogens with zero attached hydrogens (tertiary/aromatic N) is 2. The second-order valence-electron chi connectivity index (χ2n) is 4.16. The first-order valence-electron chi connectivity index (χ1n) is 5.91. The van der Waals surface area contributed by atoms with Crippen molar-refractivity contribution in [3.63, 3.8) is 0 Å². The minimum Gasteiger partial charge on any atom is -0.390 e. The Morgan fingerprint density at radius 3 is 2.95 bits per heavy atom. The van der Waals surface area contributed by atoms with Crippen LogP contribution in [0.5, 0.6) is 0 Å². The maximum Gasteiger partial charge on any atom is 0.237 e. The predicted molar refractivity (Wildman–Crippen MR) is 78.4 cm³/mol. The largest absolute Gasteiger partial charge is 0.390 e. The number of aliphatic hydroxyl groups excluding tert-OH is 1. The smallest absolute Gasteiger partial charge is 0.237 e. The van der Waals surface area contributed by atoms with Crippen LogP contribution in [-0.4, -0.2) is 20.6 Å². The van der Waals surface area contributed by atoms with E-state index < -0.39 is 5.91 Å². The molecule has 2 rings (SSSR count). The number of thioether (sulfide) groups is 1. The van der Waals surface area contributed by atoms with Gasteiger partial charge in [0.25, 0.3) is 0 Å². The number of benzene rings is 1. The number of hydrogen-bond donors (Lipinski definition) is 2. The second-order valence-corrected chi connectivity index (χ2v) is 5.54. The van der Waals surface area contributed by atoms with Crippen LogP contribution in [0.25, 0.3) is 0 Å². The van der Waals surface area contributed by atoms with Gasteiger partial charge in [0.2, 0.25) is 5.91 Å². The first-order chi connectivity index (χ1) is 9.60. The second kappa shape index (κ2) is 6.78. The third-order valence-corrected chi connectivity index (χ3v) is 3.93. The Kier molecular flexibility index (Phi) is 5.05. The maximum atomic E-state index is 11.1. The molecule has 1 aromatic carbocycles. The minimum atomic E-state index is -0.470. The summed E-state index contributed by atoms with van der Waals surface area (Å²) in [5.74, 6) is 0.198. The van der Waals surface area contributed by atoms with Gasteiger partial charge in [0.05, 0.1) is 18.5 Å². The van der Waals surface area contributed by atoms with Gasteiger partial charge in [0.15, 0.2) is 5.16 Å². The molecular weight excluding hydrogens is 298 g/mol. The molecule has 3 N–H and O–H groups in total. The van der Waals surface area contributed by atoms with Crippen LogP contribution in [0.1, 0.15) is 11.3 Å². The van der Waals surface area contributed by atoms with Gasteiger partial charge in [-0.05, 0) is 17.7 Å². The Morgan fingerprint density at radius 2 is 2.30 bits per heavy atom. The highest BCUT2D eigenvalue weighted by Gasteiger charge is 2.12. The fourth-order valence-electron chi connectivity index (χ4n) is 1.73. The van der Waals surface area contributed by atoms with Gasteiger partial charge < -0.3 is 15.4 Å². The first kappa shape index (κ1) is 14.9. The van der Waals surface area contributed by atoms with Crippen LogP contribution in [0.3, 0.4) is 0 Å². The van der Waals surface area contributed by atoms with Crippen molar-refractivity contribution in [2.45, 2.75) is 24.1 Å². The highest BCUT2D eigenvalue weighted by Crippen LogP contribution is 2.24. The van der Waals surface area contributed by atoms with E-state index in [1.165, 1.54) is 11.8 Å². The average molecular weight is 312 g/mol. The highest BCUT2D eigenvalue weighted by atomic mass is 35.5. The number of aromatic nitrogens is 2. The molecule has 2 aromatic rings. The normalized spacial score (nSPS) is 10.7. The van der Waals surface area contributed by atoms with Gasteiger partial charge >= 0.3 is 0 Å². The number of halogens is 1. The summed E-state index contributed by atoms with van der Waals surface area (Å²) in [5, 5.41) is 10.6. The molecule has 1 aromatic heterocycles. The van der Waals surface area contributed by atoms with Crippen molar-refractivity contribution in [3.8, 4) is 0 Å². The number of carbonyl (C=O) groups excluding carboxylic acids is 1. The van der Waals surface area contributed by atoms with Crippen LogP contribution in [0, 0.1) is 0 Å². The Labute approximate surface area is 125 Å². The van der Waals surface area contributed by atoms with Crippen LogP contribution >= 0.6 is 23.4 Å². The number of hydrogen-bond acceptors (Lipinski definition) is 4. The predicted octanol–water partition coefficient (Wildman–Crippen LogP) is 1.81. The Morgan fingerprint density at radius 1 is 1.50 bits per heavy atom. The third kappa shape index (κ3) is 3.75. The van der Waals surface area contributed by atoms with Gasteiger partial charge in [-0.2, -0.15) is 0 Å².